The van der Waals surface area contributed by atoms with Gasteiger partial charge >= 0.3 is 0 Å². The molecular formula is C13H13Cl2NO5. The maximum Gasteiger partial charge on any atom is 0.229 e. The van der Waals surface area contributed by atoms with Crippen molar-refractivity contribution < 1.29 is 24.8 Å². The van der Waals surface area contributed by atoms with Crippen LogP contribution in [0.4, 0.5) is 0 Å². The van der Waals surface area contributed by atoms with Crippen molar-refractivity contribution in [1.82, 2.24) is 4.98 Å². The number of aromatic amines is 1. The summed E-state index contributed by atoms with van der Waals surface area (Å²) < 4.78 is 10.8. The summed E-state index contributed by atoms with van der Waals surface area (Å²) in [6.45, 7) is -0.414. The lowest BCUT2D eigenvalue weighted by atomic mass is 10.1. The third-order valence-electron chi connectivity index (χ3n) is 3.40. The molecule has 1 aromatic heterocycles. The summed E-state index contributed by atoms with van der Waals surface area (Å²) in [7, 11) is 0. The predicted octanol–water partition coefficient (Wildman–Crippen LogP) is 1.29. The molecule has 6 nitrogen and oxygen atoms in total. The van der Waals surface area contributed by atoms with Crippen LogP contribution in [0.3, 0.4) is 0 Å². The first-order valence-corrected chi connectivity index (χ1v) is 7.02. The molecular weight excluding hydrogens is 321 g/mol. The zero-order valence-electron chi connectivity index (χ0n) is 10.7. The quantitative estimate of drug-likeness (QED) is 0.679. The molecule has 4 atom stereocenters. The van der Waals surface area contributed by atoms with E-state index in [-0.39, 0.29) is 0 Å². The minimum absolute atomic E-state index is 0.363. The third-order valence-corrected chi connectivity index (χ3v) is 3.92. The fourth-order valence-corrected chi connectivity index (χ4v) is 2.92. The largest absolute Gasteiger partial charge is 0.460 e. The Balaban J connectivity index is 1.89. The van der Waals surface area contributed by atoms with E-state index in [9.17, 15) is 10.2 Å². The van der Waals surface area contributed by atoms with Crippen LogP contribution in [0.15, 0.2) is 18.3 Å². The van der Waals surface area contributed by atoms with Gasteiger partial charge in [0.25, 0.3) is 0 Å². The highest BCUT2D eigenvalue weighted by Gasteiger charge is 2.44. The summed E-state index contributed by atoms with van der Waals surface area (Å²) >= 11 is 12.1. The first-order chi connectivity index (χ1) is 10.0. The normalized spacial score (nSPS) is 29.2. The Kier molecular flexibility index (Phi) is 4.00. The van der Waals surface area contributed by atoms with Gasteiger partial charge in [-0.25, -0.2) is 0 Å². The van der Waals surface area contributed by atoms with Crippen LogP contribution in [-0.2, 0) is 4.74 Å². The molecule has 1 saturated heterocycles. The van der Waals surface area contributed by atoms with Crippen LogP contribution in [0.5, 0.6) is 5.75 Å². The molecule has 0 bridgehead atoms. The van der Waals surface area contributed by atoms with Crippen molar-refractivity contribution >= 4 is 34.1 Å². The molecule has 1 aliphatic heterocycles. The van der Waals surface area contributed by atoms with Crippen molar-refractivity contribution in [2.75, 3.05) is 6.61 Å². The standard InChI is InChI=1S/C13H13Cl2NO5/c14-5-1-6(15)10-7(2-5)16-3-8(10)20-13-12(19)11(18)9(4-17)21-13/h1-3,9,11-13,16-19H,4H2/t9-,11-,12+,13+/m0/s1. The summed E-state index contributed by atoms with van der Waals surface area (Å²) in [6, 6.07) is 3.26. The van der Waals surface area contributed by atoms with Gasteiger partial charge in [-0.2, -0.15) is 0 Å². The number of nitrogens with one attached hydrogen (secondary N) is 1. The average molecular weight is 334 g/mol. The Morgan fingerprint density at radius 2 is 2.00 bits per heavy atom. The third kappa shape index (κ3) is 2.59. The van der Waals surface area contributed by atoms with Gasteiger partial charge in [0.05, 0.1) is 22.5 Å². The Bertz CT molecular complexity index is 661. The maximum absolute atomic E-state index is 9.87. The fraction of sp³-hybridized carbons (Fsp3) is 0.385. The van der Waals surface area contributed by atoms with Crippen LogP contribution in [0.25, 0.3) is 10.9 Å². The number of hydrogen-bond donors (Lipinski definition) is 4. The van der Waals surface area contributed by atoms with E-state index in [1.807, 2.05) is 0 Å². The van der Waals surface area contributed by atoms with Crippen LogP contribution in [0, 0.1) is 0 Å². The Labute approximate surface area is 129 Å². The molecule has 114 valence electrons. The van der Waals surface area contributed by atoms with E-state index in [4.69, 9.17) is 37.8 Å². The number of aromatic nitrogens is 1. The number of H-pyrrole nitrogens is 1. The molecule has 1 aromatic carbocycles. The minimum Gasteiger partial charge on any atom is -0.460 e. The molecule has 0 unspecified atom stereocenters. The number of benzene rings is 1. The lowest BCUT2D eigenvalue weighted by molar-refractivity contribution is -0.115. The lowest BCUT2D eigenvalue weighted by Gasteiger charge is -2.16. The lowest BCUT2D eigenvalue weighted by Crippen LogP contribution is -2.35. The minimum atomic E-state index is -1.27. The van der Waals surface area contributed by atoms with Crippen LogP contribution < -0.4 is 4.74 Å². The Hall–Kier alpha value is -1.02. The van der Waals surface area contributed by atoms with Gasteiger partial charge < -0.3 is 29.8 Å². The van der Waals surface area contributed by atoms with Crippen molar-refractivity contribution in [3.05, 3.63) is 28.4 Å². The Morgan fingerprint density at radius 3 is 2.67 bits per heavy atom. The van der Waals surface area contributed by atoms with Crippen molar-refractivity contribution in [1.29, 1.82) is 0 Å². The topological polar surface area (TPSA) is 94.9 Å². The van der Waals surface area contributed by atoms with Crippen LogP contribution in [-0.4, -0.2) is 51.5 Å². The van der Waals surface area contributed by atoms with Crippen LogP contribution in [0.2, 0.25) is 10.0 Å². The highest BCUT2D eigenvalue weighted by Crippen LogP contribution is 2.36. The van der Waals surface area contributed by atoms with Gasteiger partial charge in [0.2, 0.25) is 6.29 Å². The first kappa shape index (κ1) is 14.9. The first-order valence-electron chi connectivity index (χ1n) is 6.26. The van der Waals surface area contributed by atoms with Gasteiger partial charge in [-0.05, 0) is 12.1 Å². The van der Waals surface area contributed by atoms with E-state index in [0.29, 0.717) is 26.7 Å². The number of ether oxygens (including phenoxy) is 2. The van der Waals surface area contributed by atoms with Gasteiger partial charge in [-0.3, -0.25) is 0 Å². The Morgan fingerprint density at radius 1 is 1.24 bits per heavy atom. The van der Waals surface area contributed by atoms with Gasteiger partial charge in [0.1, 0.15) is 24.1 Å². The maximum atomic E-state index is 9.87. The molecule has 0 saturated carbocycles. The fourth-order valence-electron chi connectivity index (χ4n) is 2.33. The molecule has 0 aliphatic carbocycles. The summed E-state index contributed by atoms with van der Waals surface area (Å²) in [6.07, 6.45) is -2.90. The SMILES string of the molecule is OC[C@@H]1O[C@@H](Oc2c[nH]c3cc(Cl)cc(Cl)c23)[C@H](O)[C@H]1O. The summed E-state index contributed by atoms with van der Waals surface area (Å²) in [4.78, 5) is 2.95. The molecule has 4 N–H and O–H groups in total. The molecule has 21 heavy (non-hydrogen) atoms. The van der Waals surface area contributed by atoms with Crippen molar-refractivity contribution in [3.63, 3.8) is 0 Å². The zero-order chi connectivity index (χ0) is 15.1. The number of rotatable bonds is 3. The van der Waals surface area contributed by atoms with E-state index in [0.717, 1.165) is 0 Å². The second kappa shape index (κ2) is 5.64. The summed E-state index contributed by atoms with van der Waals surface area (Å²) in [5.41, 5.74) is 0.675. The van der Waals surface area contributed by atoms with Crippen molar-refractivity contribution in [2.24, 2.45) is 0 Å². The molecule has 2 heterocycles. The zero-order valence-corrected chi connectivity index (χ0v) is 12.2. The van der Waals surface area contributed by atoms with Crippen molar-refractivity contribution in [3.8, 4) is 5.75 Å². The second-order valence-electron chi connectivity index (χ2n) is 4.79. The molecule has 0 spiro atoms. The van der Waals surface area contributed by atoms with Gasteiger partial charge in [0, 0.05) is 11.2 Å². The van der Waals surface area contributed by atoms with Gasteiger partial charge in [-0.15, -0.1) is 0 Å². The van der Waals surface area contributed by atoms with E-state index in [1.165, 1.54) is 0 Å². The van der Waals surface area contributed by atoms with E-state index in [2.05, 4.69) is 4.98 Å². The molecule has 0 amide bonds. The van der Waals surface area contributed by atoms with Gasteiger partial charge in [0.15, 0.2) is 0 Å². The van der Waals surface area contributed by atoms with E-state index < -0.39 is 31.2 Å². The number of aliphatic hydroxyl groups excluding tert-OH is 3. The van der Waals surface area contributed by atoms with Crippen LogP contribution >= 0.6 is 23.2 Å². The van der Waals surface area contributed by atoms with Crippen molar-refractivity contribution in [2.45, 2.75) is 24.6 Å². The predicted molar refractivity (Wildman–Crippen MR) is 76.7 cm³/mol. The molecule has 2 aromatic rings. The molecule has 1 aliphatic rings. The molecule has 0 radical (unpaired) electrons. The van der Waals surface area contributed by atoms with E-state index >= 15 is 0 Å². The van der Waals surface area contributed by atoms with Crippen LogP contribution in [0.1, 0.15) is 0 Å². The smallest absolute Gasteiger partial charge is 0.229 e. The van der Waals surface area contributed by atoms with Gasteiger partial charge in [-0.1, -0.05) is 23.2 Å². The molecule has 1 fully saturated rings. The average Bonchev–Trinajstić information content (AvgIpc) is 2.95. The molecule has 8 heteroatoms. The highest BCUT2D eigenvalue weighted by molar-refractivity contribution is 6.39. The molecule has 3 rings (SSSR count). The summed E-state index contributed by atoms with van der Waals surface area (Å²) in [5, 5.41) is 30.1. The number of fused-ring (bicyclic) bond motifs is 1. The summed E-state index contributed by atoms with van der Waals surface area (Å²) in [5.74, 6) is 0.363. The second-order valence-corrected chi connectivity index (χ2v) is 5.63. The highest BCUT2D eigenvalue weighted by atomic mass is 35.5. The van der Waals surface area contributed by atoms with E-state index in [1.54, 1.807) is 18.3 Å². The number of halogens is 2. The monoisotopic (exact) mass is 333 g/mol. The number of aliphatic hydroxyl groups is 3. The number of hydrogen-bond acceptors (Lipinski definition) is 5.